The van der Waals surface area contributed by atoms with E-state index in [0.717, 1.165) is 28.2 Å². The van der Waals surface area contributed by atoms with Crippen molar-refractivity contribution in [2.24, 2.45) is 17.6 Å². The number of aldehydes is 1. The molecule has 0 fully saturated rings. The van der Waals surface area contributed by atoms with Crippen LogP contribution >= 0.6 is 35.0 Å². The van der Waals surface area contributed by atoms with E-state index in [-0.39, 0.29) is 12.0 Å². The molecule has 0 heterocycles. The summed E-state index contributed by atoms with van der Waals surface area (Å²) in [4.78, 5) is 12.0. The van der Waals surface area contributed by atoms with E-state index in [1.807, 2.05) is 42.5 Å². The predicted molar refractivity (Wildman–Crippen MR) is 123 cm³/mol. The van der Waals surface area contributed by atoms with Gasteiger partial charge < -0.3 is 5.73 Å². The molecular formula is C22H28Cl2N2OS. The summed E-state index contributed by atoms with van der Waals surface area (Å²) >= 11 is 13.6. The first kappa shape index (κ1) is 23.2. The van der Waals surface area contributed by atoms with Gasteiger partial charge in [0.1, 0.15) is 0 Å². The molecule has 0 aromatic heterocycles. The SMILES string of the molecule is CC(C)/C=C(\C=O)SCN[C@H](c1ccc(Cl)cc1)[C@@](C)(N)C1C=CC(Cl)=CC1. The highest BCUT2D eigenvalue weighted by Crippen LogP contribution is 2.36. The number of halogens is 2. The van der Waals surface area contributed by atoms with Gasteiger partial charge in [-0.15, -0.1) is 11.8 Å². The van der Waals surface area contributed by atoms with E-state index in [9.17, 15) is 4.79 Å². The fourth-order valence-corrected chi connectivity index (χ4v) is 4.42. The first-order valence-electron chi connectivity index (χ1n) is 9.35. The molecule has 3 N–H and O–H groups in total. The third-order valence-corrected chi connectivity index (χ3v) is 6.23. The molecular weight excluding hydrogens is 411 g/mol. The second-order valence-electron chi connectivity index (χ2n) is 7.56. The molecule has 1 aromatic carbocycles. The summed E-state index contributed by atoms with van der Waals surface area (Å²) in [6.07, 6.45) is 9.64. The Morgan fingerprint density at radius 1 is 1.36 bits per heavy atom. The maximum Gasteiger partial charge on any atom is 0.156 e. The van der Waals surface area contributed by atoms with Gasteiger partial charge in [-0.05, 0) is 43.0 Å². The number of hydrogen-bond donors (Lipinski definition) is 2. The zero-order valence-corrected chi connectivity index (χ0v) is 18.8. The summed E-state index contributed by atoms with van der Waals surface area (Å²) in [6, 6.07) is 7.62. The Hall–Kier alpha value is -1.04. The van der Waals surface area contributed by atoms with Crippen LogP contribution < -0.4 is 11.1 Å². The highest BCUT2D eigenvalue weighted by atomic mass is 35.5. The lowest BCUT2D eigenvalue weighted by Gasteiger charge is -2.41. The molecule has 28 heavy (non-hydrogen) atoms. The average Bonchev–Trinajstić information content (AvgIpc) is 2.65. The zero-order chi connectivity index (χ0) is 20.7. The quantitative estimate of drug-likeness (QED) is 0.289. The van der Waals surface area contributed by atoms with Crippen LogP contribution in [-0.2, 0) is 4.79 Å². The van der Waals surface area contributed by atoms with E-state index in [0.29, 0.717) is 16.8 Å². The van der Waals surface area contributed by atoms with Gasteiger partial charge in [-0.2, -0.15) is 0 Å². The Bertz CT molecular complexity index is 754. The molecule has 6 heteroatoms. The van der Waals surface area contributed by atoms with Crippen LogP contribution in [0.5, 0.6) is 0 Å². The maximum atomic E-state index is 11.3. The van der Waals surface area contributed by atoms with Crippen LogP contribution in [0.4, 0.5) is 0 Å². The lowest BCUT2D eigenvalue weighted by Crippen LogP contribution is -2.53. The van der Waals surface area contributed by atoms with Crippen molar-refractivity contribution in [1.82, 2.24) is 5.32 Å². The average molecular weight is 439 g/mol. The van der Waals surface area contributed by atoms with Gasteiger partial charge in [0.05, 0.1) is 6.04 Å². The van der Waals surface area contributed by atoms with Crippen molar-refractivity contribution in [3.8, 4) is 0 Å². The van der Waals surface area contributed by atoms with Crippen LogP contribution in [0.2, 0.25) is 5.02 Å². The van der Waals surface area contributed by atoms with Crippen molar-refractivity contribution in [3.05, 3.63) is 69.1 Å². The molecule has 0 amide bonds. The van der Waals surface area contributed by atoms with Crippen molar-refractivity contribution in [2.45, 2.75) is 38.8 Å². The molecule has 1 aromatic rings. The Kier molecular flexibility index (Phi) is 8.84. The van der Waals surface area contributed by atoms with Crippen LogP contribution in [0.3, 0.4) is 0 Å². The lowest BCUT2D eigenvalue weighted by atomic mass is 9.74. The minimum Gasteiger partial charge on any atom is -0.323 e. The summed E-state index contributed by atoms with van der Waals surface area (Å²) in [5.74, 6) is 1.03. The molecule has 3 atom stereocenters. The summed E-state index contributed by atoms with van der Waals surface area (Å²) in [6.45, 7) is 6.16. The van der Waals surface area contributed by atoms with E-state index in [1.54, 1.807) is 0 Å². The number of rotatable bonds is 9. The number of hydrogen-bond acceptors (Lipinski definition) is 4. The van der Waals surface area contributed by atoms with Crippen LogP contribution in [-0.4, -0.2) is 17.7 Å². The molecule has 0 saturated heterocycles. The molecule has 0 radical (unpaired) electrons. The molecule has 3 nitrogen and oxygen atoms in total. The number of nitrogens with two attached hydrogens (primary N) is 1. The van der Waals surface area contributed by atoms with Gasteiger partial charge in [0.25, 0.3) is 0 Å². The zero-order valence-electron chi connectivity index (χ0n) is 16.5. The third-order valence-electron chi connectivity index (χ3n) is 4.82. The number of thioether (sulfide) groups is 1. The topological polar surface area (TPSA) is 55.1 Å². The number of carbonyl (C=O) groups is 1. The summed E-state index contributed by atoms with van der Waals surface area (Å²) in [5.41, 5.74) is 7.36. The van der Waals surface area contributed by atoms with Crippen molar-refractivity contribution in [3.63, 3.8) is 0 Å². The Balaban J connectivity index is 2.21. The van der Waals surface area contributed by atoms with E-state index in [4.69, 9.17) is 28.9 Å². The molecule has 1 unspecified atom stereocenters. The van der Waals surface area contributed by atoms with Gasteiger partial charge >= 0.3 is 0 Å². The number of nitrogens with one attached hydrogen (secondary N) is 1. The molecule has 0 spiro atoms. The van der Waals surface area contributed by atoms with Gasteiger partial charge in [0.15, 0.2) is 6.29 Å². The maximum absolute atomic E-state index is 11.3. The van der Waals surface area contributed by atoms with E-state index < -0.39 is 5.54 Å². The largest absolute Gasteiger partial charge is 0.323 e. The molecule has 0 bridgehead atoms. The minimum atomic E-state index is -0.567. The third kappa shape index (κ3) is 6.50. The van der Waals surface area contributed by atoms with Crippen molar-refractivity contribution in [1.29, 1.82) is 0 Å². The number of benzene rings is 1. The Labute approximate surface area is 182 Å². The van der Waals surface area contributed by atoms with Gasteiger partial charge in [-0.3, -0.25) is 10.1 Å². The normalized spacial score (nSPS) is 20.6. The highest BCUT2D eigenvalue weighted by molar-refractivity contribution is 8.03. The van der Waals surface area contributed by atoms with Gasteiger partial charge in [0.2, 0.25) is 0 Å². The lowest BCUT2D eigenvalue weighted by molar-refractivity contribution is -0.104. The highest BCUT2D eigenvalue weighted by Gasteiger charge is 2.37. The second-order valence-corrected chi connectivity index (χ2v) is 9.49. The Morgan fingerprint density at radius 2 is 2.04 bits per heavy atom. The van der Waals surface area contributed by atoms with Crippen molar-refractivity contribution in [2.75, 3.05) is 5.88 Å². The van der Waals surface area contributed by atoms with E-state index in [1.165, 1.54) is 11.8 Å². The molecule has 1 aliphatic rings. The fourth-order valence-electron chi connectivity index (χ4n) is 3.28. The van der Waals surface area contributed by atoms with E-state index >= 15 is 0 Å². The van der Waals surface area contributed by atoms with Crippen LogP contribution in [0.15, 0.2) is 58.5 Å². The molecule has 0 saturated carbocycles. The Morgan fingerprint density at radius 3 is 2.57 bits per heavy atom. The van der Waals surface area contributed by atoms with Gasteiger partial charge in [-0.25, -0.2) is 0 Å². The molecule has 1 aliphatic carbocycles. The number of carbonyl (C=O) groups excluding carboxylic acids is 1. The van der Waals surface area contributed by atoms with Crippen molar-refractivity contribution < 1.29 is 4.79 Å². The summed E-state index contributed by atoms with van der Waals surface area (Å²) < 4.78 is 0. The molecule has 2 rings (SSSR count). The summed E-state index contributed by atoms with van der Waals surface area (Å²) in [5, 5.41) is 4.98. The van der Waals surface area contributed by atoms with Crippen LogP contribution in [0.1, 0.15) is 38.8 Å². The first-order valence-corrected chi connectivity index (χ1v) is 11.1. The minimum absolute atomic E-state index is 0.121. The smallest absolute Gasteiger partial charge is 0.156 e. The molecule has 152 valence electrons. The van der Waals surface area contributed by atoms with Gasteiger partial charge in [-0.1, -0.05) is 67.4 Å². The first-order chi connectivity index (χ1) is 13.2. The number of allylic oxidation sites excluding steroid dienone is 5. The monoisotopic (exact) mass is 438 g/mol. The van der Waals surface area contributed by atoms with Crippen molar-refractivity contribution >= 4 is 41.2 Å². The second kappa shape index (κ2) is 10.7. The predicted octanol–water partition coefficient (Wildman–Crippen LogP) is 5.82. The van der Waals surface area contributed by atoms with E-state index in [2.05, 4.69) is 32.2 Å². The summed E-state index contributed by atoms with van der Waals surface area (Å²) in [7, 11) is 0. The van der Waals surface area contributed by atoms with Crippen LogP contribution in [0, 0.1) is 11.8 Å². The van der Waals surface area contributed by atoms with Crippen LogP contribution in [0.25, 0.3) is 0 Å². The fraction of sp³-hybridized carbons (Fsp3) is 0.409. The van der Waals surface area contributed by atoms with Gasteiger partial charge in [0, 0.05) is 32.3 Å². The standard InChI is InChI=1S/C22H28Cl2N2OS/c1-15(2)12-20(13-27)28-14-26-21(16-4-8-18(23)9-5-16)22(3,25)17-6-10-19(24)11-7-17/h4-6,8-13,15,17,21,26H,7,14,25H2,1-3H3/b20-12+/t17?,21-,22+/m1/s1. The molecule has 0 aliphatic heterocycles.